The molecule has 1 aromatic carbocycles. The zero-order valence-electron chi connectivity index (χ0n) is 9.10. The summed E-state index contributed by atoms with van der Waals surface area (Å²) in [5.41, 5.74) is -0.115. The van der Waals surface area contributed by atoms with Crippen molar-refractivity contribution in [2.75, 3.05) is 0 Å². The molecule has 0 saturated carbocycles. The quantitative estimate of drug-likeness (QED) is 0.452. The fourth-order valence-electron chi connectivity index (χ4n) is 1.22. The highest BCUT2D eigenvalue weighted by atomic mass is 35.5. The second-order valence-electron chi connectivity index (χ2n) is 3.30. The first-order valence-electron chi connectivity index (χ1n) is 4.84. The Balaban J connectivity index is 2.25. The molecule has 0 fully saturated rings. The third kappa shape index (κ3) is 3.27. The van der Waals surface area contributed by atoms with Crippen LogP contribution in [0.2, 0.25) is 10.2 Å². The van der Waals surface area contributed by atoms with Crippen LogP contribution in [-0.2, 0) is 5.88 Å². The van der Waals surface area contributed by atoms with Gasteiger partial charge in [0.05, 0.1) is 20.7 Å². The third-order valence-electron chi connectivity index (χ3n) is 2.07. The largest absolute Gasteiger partial charge is 0.429 e. The molecule has 0 aliphatic heterocycles. The van der Waals surface area contributed by atoms with E-state index >= 15 is 0 Å². The zero-order valence-corrected chi connectivity index (χ0v) is 12.2. The SMILES string of the molecule is O=[N+]([O-])c1ccc(Oc2nc(Cl)c(CCl)s2)c(Cl)c1. The van der Waals surface area contributed by atoms with E-state index in [9.17, 15) is 10.1 Å². The number of aromatic nitrogens is 1. The van der Waals surface area contributed by atoms with Crippen LogP contribution in [0.3, 0.4) is 0 Å². The van der Waals surface area contributed by atoms with E-state index < -0.39 is 4.92 Å². The summed E-state index contributed by atoms with van der Waals surface area (Å²) in [5.74, 6) is 0.493. The monoisotopic (exact) mass is 338 g/mol. The van der Waals surface area contributed by atoms with E-state index in [1.54, 1.807) is 0 Å². The molecule has 9 heteroatoms. The van der Waals surface area contributed by atoms with Crippen molar-refractivity contribution in [3.05, 3.63) is 43.4 Å². The number of non-ortho nitro benzene ring substituents is 1. The van der Waals surface area contributed by atoms with Gasteiger partial charge < -0.3 is 4.74 Å². The Hall–Kier alpha value is -1.08. The standard InChI is InChI=1S/C10H5Cl3N2O3S/c11-4-8-9(13)14-10(19-8)18-7-2-1-5(15(16)17)3-6(7)12/h1-3H,4H2. The molecule has 0 atom stereocenters. The number of hydrogen-bond donors (Lipinski definition) is 0. The molecule has 0 bridgehead atoms. The minimum absolute atomic E-state index is 0.115. The summed E-state index contributed by atoms with van der Waals surface area (Å²) >= 11 is 18.6. The van der Waals surface area contributed by atoms with Crippen LogP contribution < -0.4 is 4.74 Å². The highest BCUT2D eigenvalue weighted by Crippen LogP contribution is 2.36. The smallest absolute Gasteiger partial charge is 0.280 e. The predicted molar refractivity (Wildman–Crippen MR) is 74.9 cm³/mol. The molecule has 0 unspecified atom stereocenters. The average molecular weight is 340 g/mol. The second kappa shape index (κ2) is 5.92. The number of benzene rings is 1. The minimum Gasteiger partial charge on any atom is -0.429 e. The van der Waals surface area contributed by atoms with Gasteiger partial charge in [-0.05, 0) is 6.07 Å². The molecular formula is C10H5Cl3N2O3S. The Morgan fingerprint density at radius 2 is 2.16 bits per heavy atom. The molecule has 2 aromatic rings. The summed E-state index contributed by atoms with van der Waals surface area (Å²) in [5, 5.41) is 11.2. The van der Waals surface area contributed by atoms with Crippen LogP contribution in [0, 0.1) is 10.1 Å². The van der Waals surface area contributed by atoms with Gasteiger partial charge in [-0.3, -0.25) is 10.1 Å². The second-order valence-corrected chi connectivity index (χ2v) is 5.38. The molecule has 0 aliphatic rings. The number of alkyl halides is 1. The van der Waals surface area contributed by atoms with Gasteiger partial charge in [0.15, 0.2) is 0 Å². The van der Waals surface area contributed by atoms with E-state index in [2.05, 4.69) is 4.98 Å². The fourth-order valence-corrected chi connectivity index (χ4v) is 2.76. The summed E-state index contributed by atoms with van der Waals surface area (Å²) in [6, 6.07) is 3.89. The topological polar surface area (TPSA) is 65.3 Å². The summed E-state index contributed by atoms with van der Waals surface area (Å²) in [7, 11) is 0. The van der Waals surface area contributed by atoms with E-state index in [1.807, 2.05) is 0 Å². The molecule has 0 spiro atoms. The minimum atomic E-state index is -0.540. The van der Waals surface area contributed by atoms with Crippen LogP contribution in [0.25, 0.3) is 0 Å². The van der Waals surface area contributed by atoms with Crippen molar-refractivity contribution < 1.29 is 9.66 Å². The lowest BCUT2D eigenvalue weighted by atomic mass is 10.3. The van der Waals surface area contributed by atoms with Gasteiger partial charge in [-0.1, -0.05) is 34.5 Å². The first-order chi connectivity index (χ1) is 9.01. The Bertz CT molecular complexity index is 632. The summed E-state index contributed by atoms with van der Waals surface area (Å²) in [6.45, 7) is 0. The van der Waals surface area contributed by atoms with Crippen molar-refractivity contribution >= 4 is 51.8 Å². The van der Waals surface area contributed by atoms with Gasteiger partial charge in [-0.25, -0.2) is 0 Å². The Morgan fingerprint density at radius 3 is 2.68 bits per heavy atom. The highest BCUT2D eigenvalue weighted by Gasteiger charge is 2.14. The van der Waals surface area contributed by atoms with Gasteiger partial charge in [0.25, 0.3) is 10.9 Å². The van der Waals surface area contributed by atoms with Crippen LogP contribution in [0.5, 0.6) is 10.9 Å². The van der Waals surface area contributed by atoms with Crippen molar-refractivity contribution in [1.29, 1.82) is 0 Å². The average Bonchev–Trinajstić information content (AvgIpc) is 2.72. The lowest BCUT2D eigenvalue weighted by molar-refractivity contribution is -0.384. The van der Waals surface area contributed by atoms with Crippen molar-refractivity contribution in [2.24, 2.45) is 0 Å². The van der Waals surface area contributed by atoms with Gasteiger partial charge in [0, 0.05) is 12.1 Å². The van der Waals surface area contributed by atoms with Gasteiger partial charge in [-0.2, -0.15) is 4.98 Å². The van der Waals surface area contributed by atoms with E-state index in [0.717, 1.165) is 0 Å². The predicted octanol–water partition coefficient (Wildman–Crippen LogP) is 4.89. The van der Waals surface area contributed by atoms with Gasteiger partial charge in [-0.15, -0.1) is 11.6 Å². The van der Waals surface area contributed by atoms with E-state index in [4.69, 9.17) is 39.5 Å². The van der Waals surface area contributed by atoms with Crippen LogP contribution in [0.4, 0.5) is 5.69 Å². The van der Waals surface area contributed by atoms with Gasteiger partial charge in [0.2, 0.25) is 0 Å². The summed E-state index contributed by atoms with van der Waals surface area (Å²) < 4.78 is 5.42. The number of nitro groups is 1. The van der Waals surface area contributed by atoms with Gasteiger partial charge in [0.1, 0.15) is 10.9 Å². The number of nitro benzene ring substituents is 1. The maximum atomic E-state index is 10.6. The van der Waals surface area contributed by atoms with Crippen molar-refractivity contribution in [3.63, 3.8) is 0 Å². The van der Waals surface area contributed by atoms with Crippen molar-refractivity contribution in [3.8, 4) is 10.9 Å². The van der Waals surface area contributed by atoms with Crippen molar-refractivity contribution in [1.82, 2.24) is 4.98 Å². The van der Waals surface area contributed by atoms with Crippen molar-refractivity contribution in [2.45, 2.75) is 5.88 Å². The summed E-state index contributed by atoms with van der Waals surface area (Å²) in [4.78, 5) is 14.7. The third-order valence-corrected chi connectivity index (χ3v) is 4.15. The normalized spacial score (nSPS) is 10.5. The number of rotatable bonds is 4. The summed E-state index contributed by atoms with van der Waals surface area (Å²) in [6.07, 6.45) is 0. The maximum absolute atomic E-state index is 10.6. The molecular weight excluding hydrogens is 335 g/mol. The van der Waals surface area contributed by atoms with Gasteiger partial charge >= 0.3 is 0 Å². The molecule has 5 nitrogen and oxygen atoms in total. The van der Waals surface area contributed by atoms with Crippen LogP contribution in [0.1, 0.15) is 4.88 Å². The molecule has 1 aromatic heterocycles. The van der Waals surface area contributed by atoms with Crippen LogP contribution in [-0.4, -0.2) is 9.91 Å². The number of nitrogens with zero attached hydrogens (tertiary/aromatic N) is 2. The fraction of sp³-hybridized carbons (Fsp3) is 0.100. The Labute approximate surface area is 126 Å². The Kier molecular flexibility index (Phi) is 4.46. The molecule has 0 saturated heterocycles. The lowest BCUT2D eigenvalue weighted by Crippen LogP contribution is -1.89. The van der Waals surface area contributed by atoms with E-state index in [-0.39, 0.29) is 32.7 Å². The van der Waals surface area contributed by atoms with E-state index in [1.165, 1.54) is 29.5 Å². The number of ether oxygens (including phenoxy) is 1. The molecule has 0 radical (unpaired) electrons. The molecule has 19 heavy (non-hydrogen) atoms. The lowest BCUT2D eigenvalue weighted by Gasteiger charge is -2.03. The maximum Gasteiger partial charge on any atom is 0.280 e. The zero-order chi connectivity index (χ0) is 14.0. The first-order valence-corrected chi connectivity index (χ1v) is 6.95. The van der Waals surface area contributed by atoms with Crippen LogP contribution in [0.15, 0.2) is 18.2 Å². The molecule has 0 amide bonds. The molecule has 2 rings (SSSR count). The number of halogens is 3. The van der Waals surface area contributed by atoms with E-state index in [0.29, 0.717) is 4.88 Å². The first kappa shape index (κ1) is 14.3. The molecule has 0 N–H and O–H groups in total. The molecule has 100 valence electrons. The Morgan fingerprint density at radius 1 is 1.42 bits per heavy atom. The number of hydrogen-bond acceptors (Lipinski definition) is 5. The highest BCUT2D eigenvalue weighted by molar-refractivity contribution is 7.14. The molecule has 1 heterocycles. The van der Waals surface area contributed by atoms with Crippen LogP contribution >= 0.6 is 46.1 Å². The number of thiazole rings is 1. The molecule has 0 aliphatic carbocycles.